The predicted molar refractivity (Wildman–Crippen MR) is 50.7 cm³/mol. The van der Waals surface area contributed by atoms with E-state index in [2.05, 4.69) is 5.32 Å². The fourth-order valence-corrected chi connectivity index (χ4v) is 1.61. The van der Waals surface area contributed by atoms with Crippen molar-refractivity contribution in [1.82, 2.24) is 5.32 Å². The Morgan fingerprint density at radius 1 is 1.29 bits per heavy atom. The molecule has 14 heavy (non-hydrogen) atoms. The van der Waals surface area contributed by atoms with Crippen molar-refractivity contribution in [2.45, 2.75) is 31.3 Å². The Labute approximate surface area is 82.7 Å². The van der Waals surface area contributed by atoms with Crippen molar-refractivity contribution in [3.63, 3.8) is 0 Å². The van der Waals surface area contributed by atoms with Crippen LogP contribution in [0, 0.1) is 0 Å². The van der Waals surface area contributed by atoms with Gasteiger partial charge in [0.25, 0.3) is 0 Å². The van der Waals surface area contributed by atoms with Crippen molar-refractivity contribution >= 4 is 0 Å². The summed E-state index contributed by atoms with van der Waals surface area (Å²) in [6.45, 7) is 2.20. The Kier molecular flexibility index (Phi) is 4.03. The Morgan fingerprint density at radius 3 is 2.43 bits per heavy atom. The maximum absolute atomic E-state index is 9.55. The molecular formula is C9H17NO4. The van der Waals surface area contributed by atoms with Crippen molar-refractivity contribution in [3.05, 3.63) is 11.6 Å². The average Bonchev–Trinajstić information content (AvgIpc) is 2.19. The molecule has 0 aliphatic heterocycles. The fraction of sp³-hybridized carbons (Fsp3) is 0.778. The van der Waals surface area contributed by atoms with Crippen LogP contribution in [0.15, 0.2) is 11.6 Å². The van der Waals surface area contributed by atoms with Crippen LogP contribution >= 0.6 is 0 Å². The molecule has 5 N–H and O–H groups in total. The third-order valence-corrected chi connectivity index (χ3v) is 2.44. The second kappa shape index (κ2) is 4.86. The van der Waals surface area contributed by atoms with Crippen molar-refractivity contribution in [2.75, 3.05) is 13.2 Å². The van der Waals surface area contributed by atoms with Gasteiger partial charge in [0.1, 0.15) is 18.3 Å². The smallest absolute Gasteiger partial charge is 0.111 e. The molecule has 0 aromatic heterocycles. The molecule has 0 fully saturated rings. The van der Waals surface area contributed by atoms with Gasteiger partial charge in [0, 0.05) is 0 Å². The molecule has 0 heterocycles. The molecule has 0 saturated heterocycles. The molecule has 0 amide bonds. The monoisotopic (exact) mass is 203 g/mol. The summed E-state index contributed by atoms with van der Waals surface area (Å²) in [5.41, 5.74) is 0.341. The fourth-order valence-electron chi connectivity index (χ4n) is 1.61. The van der Waals surface area contributed by atoms with Crippen LogP contribution in [0.1, 0.15) is 6.92 Å². The van der Waals surface area contributed by atoms with Crippen LogP contribution in [0.4, 0.5) is 0 Å². The summed E-state index contributed by atoms with van der Waals surface area (Å²) >= 11 is 0. The SMILES string of the molecule is CCN[C@@H]1C=C(CO)[C@H](O)[C@H](O)[C@H]1O. The minimum absolute atomic E-state index is 0.313. The molecule has 4 atom stereocenters. The molecule has 82 valence electrons. The van der Waals surface area contributed by atoms with Gasteiger partial charge in [-0.2, -0.15) is 0 Å². The van der Waals surface area contributed by atoms with Crippen LogP contribution in [0.2, 0.25) is 0 Å². The Hall–Kier alpha value is -0.460. The van der Waals surface area contributed by atoms with Crippen LogP contribution in [-0.2, 0) is 0 Å². The Bertz CT molecular complexity index is 219. The molecule has 5 nitrogen and oxygen atoms in total. The minimum atomic E-state index is -1.24. The normalized spacial score (nSPS) is 38.2. The second-order valence-corrected chi connectivity index (χ2v) is 3.41. The Morgan fingerprint density at radius 2 is 1.93 bits per heavy atom. The zero-order chi connectivity index (χ0) is 10.7. The third kappa shape index (κ3) is 2.13. The van der Waals surface area contributed by atoms with Gasteiger partial charge in [-0.1, -0.05) is 13.0 Å². The van der Waals surface area contributed by atoms with Crippen LogP contribution in [0.5, 0.6) is 0 Å². The lowest BCUT2D eigenvalue weighted by atomic mass is 9.88. The quantitative estimate of drug-likeness (QED) is 0.341. The standard InChI is InChI=1S/C9H17NO4/c1-2-10-6-3-5(4-11)7(12)9(14)8(6)13/h3,6-14H,2,4H2,1H3/t6-,7+,8+,9+/m1/s1. The number of aliphatic hydroxyl groups is 4. The highest BCUT2D eigenvalue weighted by molar-refractivity contribution is 5.21. The van der Waals surface area contributed by atoms with E-state index in [4.69, 9.17) is 5.11 Å². The third-order valence-electron chi connectivity index (χ3n) is 2.44. The summed E-state index contributed by atoms with van der Waals surface area (Å²) in [4.78, 5) is 0. The van der Waals surface area contributed by atoms with E-state index in [1.807, 2.05) is 6.92 Å². The van der Waals surface area contributed by atoms with Gasteiger partial charge in [-0.15, -0.1) is 0 Å². The van der Waals surface area contributed by atoms with Gasteiger partial charge in [-0.25, -0.2) is 0 Å². The van der Waals surface area contributed by atoms with E-state index in [0.717, 1.165) is 0 Å². The molecule has 0 unspecified atom stereocenters. The van der Waals surface area contributed by atoms with Crippen molar-refractivity contribution in [3.8, 4) is 0 Å². The molecule has 0 radical (unpaired) electrons. The highest BCUT2D eigenvalue weighted by Crippen LogP contribution is 2.19. The summed E-state index contributed by atoms with van der Waals surface area (Å²) in [6.07, 6.45) is -1.90. The van der Waals surface area contributed by atoms with Gasteiger partial charge < -0.3 is 25.7 Å². The number of nitrogens with one attached hydrogen (secondary N) is 1. The first-order valence-electron chi connectivity index (χ1n) is 4.70. The highest BCUT2D eigenvalue weighted by atomic mass is 16.4. The number of aliphatic hydroxyl groups excluding tert-OH is 4. The zero-order valence-electron chi connectivity index (χ0n) is 8.09. The van der Waals surface area contributed by atoms with Gasteiger partial charge in [-0.3, -0.25) is 0 Å². The maximum atomic E-state index is 9.55. The zero-order valence-corrected chi connectivity index (χ0v) is 8.09. The first kappa shape index (κ1) is 11.6. The molecule has 1 rings (SSSR count). The molecule has 1 aliphatic rings. The van der Waals surface area contributed by atoms with Crippen molar-refractivity contribution < 1.29 is 20.4 Å². The highest BCUT2D eigenvalue weighted by Gasteiger charge is 2.36. The first-order chi connectivity index (χ1) is 6.61. The van der Waals surface area contributed by atoms with E-state index in [0.29, 0.717) is 12.1 Å². The molecule has 1 aliphatic carbocycles. The lowest BCUT2D eigenvalue weighted by molar-refractivity contribution is -0.0639. The van der Waals surface area contributed by atoms with E-state index in [1.165, 1.54) is 0 Å². The molecule has 0 saturated carbocycles. The van der Waals surface area contributed by atoms with E-state index >= 15 is 0 Å². The summed E-state index contributed by atoms with van der Waals surface area (Å²) < 4.78 is 0. The number of rotatable bonds is 3. The molecule has 0 bridgehead atoms. The van der Waals surface area contributed by atoms with E-state index < -0.39 is 24.4 Å². The van der Waals surface area contributed by atoms with Crippen LogP contribution in [0.25, 0.3) is 0 Å². The lowest BCUT2D eigenvalue weighted by Crippen LogP contribution is -2.53. The molecule has 0 spiro atoms. The van der Waals surface area contributed by atoms with Crippen molar-refractivity contribution in [2.24, 2.45) is 0 Å². The van der Waals surface area contributed by atoms with E-state index in [1.54, 1.807) is 6.08 Å². The molecular weight excluding hydrogens is 186 g/mol. The summed E-state index contributed by atoms with van der Waals surface area (Å²) in [5, 5.41) is 40.3. The van der Waals surface area contributed by atoms with Crippen LogP contribution in [-0.4, -0.2) is 57.9 Å². The second-order valence-electron chi connectivity index (χ2n) is 3.41. The molecule has 0 aromatic rings. The summed E-state index contributed by atoms with van der Waals surface area (Å²) in [5.74, 6) is 0. The number of hydrogen-bond donors (Lipinski definition) is 5. The van der Waals surface area contributed by atoms with E-state index in [-0.39, 0.29) is 6.61 Å². The topological polar surface area (TPSA) is 93.0 Å². The van der Waals surface area contributed by atoms with Gasteiger partial charge in [0.15, 0.2) is 0 Å². The number of hydrogen-bond acceptors (Lipinski definition) is 5. The van der Waals surface area contributed by atoms with Gasteiger partial charge in [0.05, 0.1) is 12.6 Å². The molecule has 5 heteroatoms. The van der Waals surface area contributed by atoms with Gasteiger partial charge in [0.2, 0.25) is 0 Å². The van der Waals surface area contributed by atoms with Crippen LogP contribution < -0.4 is 5.32 Å². The van der Waals surface area contributed by atoms with Crippen LogP contribution in [0.3, 0.4) is 0 Å². The minimum Gasteiger partial charge on any atom is -0.392 e. The van der Waals surface area contributed by atoms with Gasteiger partial charge in [-0.05, 0) is 12.1 Å². The maximum Gasteiger partial charge on any atom is 0.111 e. The first-order valence-corrected chi connectivity index (χ1v) is 4.70. The van der Waals surface area contributed by atoms with Gasteiger partial charge >= 0.3 is 0 Å². The molecule has 0 aromatic carbocycles. The van der Waals surface area contributed by atoms with E-state index in [9.17, 15) is 15.3 Å². The average molecular weight is 203 g/mol. The van der Waals surface area contributed by atoms with Crippen molar-refractivity contribution in [1.29, 1.82) is 0 Å². The number of likely N-dealkylation sites (N-methyl/N-ethyl adjacent to an activating group) is 1. The predicted octanol–water partition coefficient (Wildman–Crippen LogP) is -2.02. The summed E-state index contributed by atoms with van der Waals surface area (Å²) in [7, 11) is 0. The lowest BCUT2D eigenvalue weighted by Gasteiger charge is -2.34. The summed E-state index contributed by atoms with van der Waals surface area (Å²) in [6, 6.07) is -0.416. The Balaban J connectivity index is 2.81. The largest absolute Gasteiger partial charge is 0.392 e.